The second kappa shape index (κ2) is 6.72. The number of hydrogen-bond acceptors (Lipinski definition) is 5. The average molecular weight is 266 g/mol. The van der Waals surface area contributed by atoms with Crippen molar-refractivity contribution < 1.29 is 14.5 Å². The SMILES string of the molecule is CCOC(=O)CN(c1ccccc1[N+](=O)[O-])C(C)C. The van der Waals surface area contributed by atoms with E-state index in [9.17, 15) is 14.9 Å². The molecule has 1 rings (SSSR count). The lowest BCUT2D eigenvalue weighted by Crippen LogP contribution is -2.37. The predicted molar refractivity (Wildman–Crippen MR) is 72.2 cm³/mol. The monoisotopic (exact) mass is 266 g/mol. The lowest BCUT2D eigenvalue weighted by molar-refractivity contribution is -0.384. The summed E-state index contributed by atoms with van der Waals surface area (Å²) in [6.07, 6.45) is 0. The van der Waals surface area contributed by atoms with E-state index < -0.39 is 10.9 Å². The molecule has 0 aliphatic rings. The van der Waals surface area contributed by atoms with Crippen molar-refractivity contribution >= 4 is 17.3 Å². The van der Waals surface area contributed by atoms with E-state index in [2.05, 4.69) is 0 Å². The van der Waals surface area contributed by atoms with Gasteiger partial charge in [0.2, 0.25) is 0 Å². The van der Waals surface area contributed by atoms with Crippen LogP contribution in [0.4, 0.5) is 11.4 Å². The molecule has 0 unspecified atom stereocenters. The van der Waals surface area contributed by atoms with Crippen LogP contribution in [0.1, 0.15) is 20.8 Å². The van der Waals surface area contributed by atoms with Gasteiger partial charge in [0.05, 0.1) is 11.5 Å². The highest BCUT2D eigenvalue weighted by atomic mass is 16.6. The molecule has 0 aliphatic carbocycles. The Kier molecular flexibility index (Phi) is 5.29. The molecule has 19 heavy (non-hydrogen) atoms. The van der Waals surface area contributed by atoms with Gasteiger partial charge in [-0.15, -0.1) is 0 Å². The second-order valence-electron chi connectivity index (χ2n) is 4.27. The van der Waals surface area contributed by atoms with Crippen molar-refractivity contribution in [3.63, 3.8) is 0 Å². The van der Waals surface area contributed by atoms with Gasteiger partial charge in [0, 0.05) is 12.1 Å². The minimum Gasteiger partial charge on any atom is -0.465 e. The van der Waals surface area contributed by atoms with Crippen molar-refractivity contribution in [1.82, 2.24) is 0 Å². The fraction of sp³-hybridized carbons (Fsp3) is 0.462. The molecule has 104 valence electrons. The van der Waals surface area contributed by atoms with Crippen molar-refractivity contribution in [2.75, 3.05) is 18.1 Å². The topological polar surface area (TPSA) is 72.7 Å². The quantitative estimate of drug-likeness (QED) is 0.449. The Morgan fingerprint density at radius 1 is 1.42 bits per heavy atom. The summed E-state index contributed by atoms with van der Waals surface area (Å²) in [4.78, 5) is 23.8. The third-order valence-electron chi connectivity index (χ3n) is 2.62. The van der Waals surface area contributed by atoms with E-state index in [0.717, 1.165) is 0 Å². The number of nitro benzene ring substituents is 1. The van der Waals surface area contributed by atoms with E-state index in [4.69, 9.17) is 4.74 Å². The summed E-state index contributed by atoms with van der Waals surface area (Å²) < 4.78 is 4.89. The fourth-order valence-corrected chi connectivity index (χ4v) is 1.75. The van der Waals surface area contributed by atoms with Gasteiger partial charge in [-0.3, -0.25) is 14.9 Å². The van der Waals surface area contributed by atoms with Crippen LogP contribution in [-0.2, 0) is 9.53 Å². The molecule has 0 saturated carbocycles. The molecule has 1 aromatic rings. The highest BCUT2D eigenvalue weighted by Crippen LogP contribution is 2.28. The number of esters is 1. The molecule has 0 saturated heterocycles. The summed E-state index contributed by atoms with van der Waals surface area (Å²) in [7, 11) is 0. The maximum Gasteiger partial charge on any atom is 0.325 e. The number of ether oxygens (including phenoxy) is 1. The number of benzene rings is 1. The summed E-state index contributed by atoms with van der Waals surface area (Å²) in [6.45, 7) is 5.76. The van der Waals surface area contributed by atoms with Gasteiger partial charge < -0.3 is 9.64 Å². The normalized spacial score (nSPS) is 10.3. The Bertz CT molecular complexity index is 460. The van der Waals surface area contributed by atoms with Crippen LogP contribution in [0.2, 0.25) is 0 Å². The highest BCUT2D eigenvalue weighted by molar-refractivity contribution is 5.78. The molecule has 0 radical (unpaired) electrons. The zero-order valence-corrected chi connectivity index (χ0v) is 11.3. The van der Waals surface area contributed by atoms with Gasteiger partial charge in [-0.1, -0.05) is 12.1 Å². The van der Waals surface area contributed by atoms with Crippen LogP contribution in [0, 0.1) is 10.1 Å². The molecule has 0 aliphatic heterocycles. The molecule has 0 aromatic heterocycles. The Morgan fingerprint density at radius 3 is 2.58 bits per heavy atom. The van der Waals surface area contributed by atoms with Gasteiger partial charge in [0.1, 0.15) is 12.2 Å². The van der Waals surface area contributed by atoms with E-state index in [-0.39, 0.29) is 18.3 Å². The molecule has 0 fully saturated rings. The minimum atomic E-state index is -0.449. The average Bonchev–Trinajstić information content (AvgIpc) is 2.36. The molecule has 0 atom stereocenters. The minimum absolute atomic E-state index is 0.00361. The van der Waals surface area contributed by atoms with Gasteiger partial charge in [-0.05, 0) is 26.8 Å². The lowest BCUT2D eigenvalue weighted by atomic mass is 10.2. The van der Waals surface area contributed by atoms with Crippen LogP contribution in [0.3, 0.4) is 0 Å². The molecule has 0 spiro atoms. The number of rotatable bonds is 6. The molecule has 0 N–H and O–H groups in total. The van der Waals surface area contributed by atoms with Crippen molar-refractivity contribution in [2.24, 2.45) is 0 Å². The fourth-order valence-electron chi connectivity index (χ4n) is 1.75. The molecule has 0 bridgehead atoms. The standard InChI is InChI=1S/C13H18N2O4/c1-4-19-13(16)9-14(10(2)3)11-7-5-6-8-12(11)15(17)18/h5-8,10H,4,9H2,1-3H3. The summed E-state index contributed by atoms with van der Waals surface area (Å²) in [5, 5.41) is 11.0. The smallest absolute Gasteiger partial charge is 0.325 e. The Balaban J connectivity index is 3.06. The first-order valence-corrected chi connectivity index (χ1v) is 6.13. The van der Waals surface area contributed by atoms with Crippen LogP contribution in [0.5, 0.6) is 0 Å². The third kappa shape index (κ3) is 3.94. The Labute approximate surface area is 112 Å². The molecule has 0 heterocycles. The first kappa shape index (κ1) is 14.9. The summed E-state index contributed by atoms with van der Waals surface area (Å²) in [5.41, 5.74) is 0.413. The van der Waals surface area contributed by atoms with Crippen molar-refractivity contribution in [2.45, 2.75) is 26.8 Å². The largest absolute Gasteiger partial charge is 0.465 e. The van der Waals surface area contributed by atoms with Crippen molar-refractivity contribution in [3.8, 4) is 0 Å². The summed E-state index contributed by atoms with van der Waals surface area (Å²) in [6, 6.07) is 6.33. The van der Waals surface area contributed by atoms with E-state index in [1.807, 2.05) is 13.8 Å². The Morgan fingerprint density at radius 2 is 2.05 bits per heavy atom. The highest BCUT2D eigenvalue weighted by Gasteiger charge is 2.23. The van der Waals surface area contributed by atoms with E-state index in [0.29, 0.717) is 12.3 Å². The van der Waals surface area contributed by atoms with Crippen LogP contribution < -0.4 is 4.90 Å². The van der Waals surface area contributed by atoms with E-state index >= 15 is 0 Å². The molecule has 0 amide bonds. The number of hydrogen-bond donors (Lipinski definition) is 0. The molecule has 1 aromatic carbocycles. The lowest BCUT2D eigenvalue weighted by Gasteiger charge is -2.27. The Hall–Kier alpha value is -2.11. The first-order chi connectivity index (χ1) is 8.97. The predicted octanol–water partition coefficient (Wildman–Crippen LogP) is 2.37. The van der Waals surface area contributed by atoms with E-state index in [1.165, 1.54) is 6.07 Å². The maximum atomic E-state index is 11.6. The number of anilines is 1. The number of carbonyl (C=O) groups is 1. The van der Waals surface area contributed by atoms with Crippen LogP contribution in [0.15, 0.2) is 24.3 Å². The maximum absolute atomic E-state index is 11.6. The number of nitrogens with zero attached hydrogens (tertiary/aromatic N) is 2. The second-order valence-corrected chi connectivity index (χ2v) is 4.27. The number of nitro groups is 1. The van der Waals surface area contributed by atoms with Crippen molar-refractivity contribution in [1.29, 1.82) is 0 Å². The van der Waals surface area contributed by atoms with Crippen LogP contribution in [0.25, 0.3) is 0 Å². The molecular formula is C13H18N2O4. The zero-order valence-electron chi connectivity index (χ0n) is 11.3. The number of carbonyl (C=O) groups excluding carboxylic acids is 1. The summed E-state index contributed by atoms with van der Waals surface area (Å²) >= 11 is 0. The first-order valence-electron chi connectivity index (χ1n) is 6.13. The number of para-hydroxylation sites is 2. The van der Waals surface area contributed by atoms with Gasteiger partial charge in [-0.25, -0.2) is 0 Å². The van der Waals surface area contributed by atoms with E-state index in [1.54, 1.807) is 30.0 Å². The zero-order chi connectivity index (χ0) is 14.4. The van der Waals surface area contributed by atoms with Gasteiger partial charge in [0.25, 0.3) is 5.69 Å². The van der Waals surface area contributed by atoms with Gasteiger partial charge >= 0.3 is 5.97 Å². The van der Waals surface area contributed by atoms with Crippen molar-refractivity contribution in [3.05, 3.63) is 34.4 Å². The molecule has 6 nitrogen and oxygen atoms in total. The van der Waals surface area contributed by atoms with Crippen LogP contribution in [-0.4, -0.2) is 30.1 Å². The third-order valence-corrected chi connectivity index (χ3v) is 2.62. The van der Waals surface area contributed by atoms with Gasteiger partial charge in [0.15, 0.2) is 0 Å². The van der Waals surface area contributed by atoms with Crippen LogP contribution >= 0.6 is 0 Å². The van der Waals surface area contributed by atoms with Gasteiger partial charge in [-0.2, -0.15) is 0 Å². The molecule has 6 heteroatoms. The summed E-state index contributed by atoms with van der Waals surface area (Å²) in [5.74, 6) is -0.394. The molecular weight excluding hydrogens is 248 g/mol.